The molecule has 1 aliphatic rings. The van der Waals surface area contributed by atoms with Gasteiger partial charge in [-0.25, -0.2) is 4.98 Å². The summed E-state index contributed by atoms with van der Waals surface area (Å²) < 4.78 is 0. The molecule has 2 aromatic rings. The van der Waals surface area contributed by atoms with Crippen LogP contribution in [0.3, 0.4) is 0 Å². The topological polar surface area (TPSA) is 48.5 Å². The van der Waals surface area contributed by atoms with E-state index < -0.39 is 0 Å². The molecule has 0 saturated carbocycles. The third-order valence-corrected chi connectivity index (χ3v) is 5.02. The van der Waals surface area contributed by atoms with Gasteiger partial charge >= 0.3 is 0 Å². The number of amides is 1. The third-order valence-electron chi connectivity index (χ3n) is 5.02. The maximum absolute atomic E-state index is 12.3. The van der Waals surface area contributed by atoms with Crippen molar-refractivity contribution in [2.24, 2.45) is 0 Å². The summed E-state index contributed by atoms with van der Waals surface area (Å²) in [4.78, 5) is 21.2. The number of nitrogens with one attached hydrogen (secondary N) is 1. The van der Waals surface area contributed by atoms with Gasteiger partial charge in [-0.3, -0.25) is 9.69 Å². The summed E-state index contributed by atoms with van der Waals surface area (Å²) in [6.07, 6.45) is 2.85. The number of hydrogen-bond donors (Lipinski definition) is 1. The number of hydrogen-bond acceptors (Lipinski definition) is 4. The molecule has 1 aromatic carbocycles. The van der Waals surface area contributed by atoms with E-state index in [-0.39, 0.29) is 5.91 Å². The Morgan fingerprint density at radius 2 is 1.81 bits per heavy atom. The van der Waals surface area contributed by atoms with Crippen molar-refractivity contribution in [1.82, 2.24) is 15.2 Å². The lowest BCUT2D eigenvalue weighted by atomic mass is 9.96. The predicted octanol–water partition coefficient (Wildman–Crippen LogP) is 2.51. The summed E-state index contributed by atoms with van der Waals surface area (Å²) in [5.41, 5.74) is 1.29. The van der Waals surface area contributed by atoms with E-state index >= 15 is 0 Å². The fourth-order valence-corrected chi connectivity index (χ4v) is 3.40. The molecule has 0 spiro atoms. The highest BCUT2D eigenvalue weighted by atomic mass is 16.2. The minimum Gasteiger partial charge on any atom is -0.354 e. The van der Waals surface area contributed by atoms with Crippen molar-refractivity contribution in [2.75, 3.05) is 44.2 Å². The second-order valence-corrected chi connectivity index (χ2v) is 6.77. The molecule has 1 unspecified atom stereocenters. The quantitative estimate of drug-likeness (QED) is 0.832. The molecular weight excluding hydrogens is 324 g/mol. The van der Waals surface area contributed by atoms with E-state index in [0.29, 0.717) is 19.0 Å². The van der Waals surface area contributed by atoms with Gasteiger partial charge in [0.15, 0.2) is 0 Å². The highest BCUT2D eigenvalue weighted by Gasteiger charge is 2.20. The van der Waals surface area contributed by atoms with Gasteiger partial charge in [0.25, 0.3) is 0 Å². The van der Waals surface area contributed by atoms with Gasteiger partial charge in [0.05, 0.1) is 6.54 Å². The predicted molar refractivity (Wildman–Crippen MR) is 105 cm³/mol. The Hall–Kier alpha value is -2.40. The van der Waals surface area contributed by atoms with Gasteiger partial charge in [0, 0.05) is 44.8 Å². The van der Waals surface area contributed by atoms with Crippen LogP contribution in [0.5, 0.6) is 0 Å². The first-order valence-electron chi connectivity index (χ1n) is 9.46. The normalized spacial score (nSPS) is 16.3. The lowest BCUT2D eigenvalue weighted by Gasteiger charge is -2.35. The van der Waals surface area contributed by atoms with E-state index in [9.17, 15) is 4.79 Å². The second kappa shape index (κ2) is 9.34. The van der Waals surface area contributed by atoms with Gasteiger partial charge in [-0.05, 0) is 24.1 Å². The van der Waals surface area contributed by atoms with Crippen molar-refractivity contribution in [3.05, 3.63) is 60.3 Å². The number of anilines is 1. The molecule has 2 heterocycles. The molecule has 1 amide bonds. The van der Waals surface area contributed by atoms with Gasteiger partial charge in [0.2, 0.25) is 5.91 Å². The maximum Gasteiger partial charge on any atom is 0.234 e. The molecule has 138 valence electrons. The molecule has 1 saturated heterocycles. The summed E-state index contributed by atoms with van der Waals surface area (Å²) in [7, 11) is 0. The molecule has 0 aliphatic carbocycles. The SMILES string of the molecule is CCC(CNC(=O)CN1CCN(c2ccccn2)CC1)c1ccccc1. The van der Waals surface area contributed by atoms with E-state index in [2.05, 4.69) is 51.3 Å². The van der Waals surface area contributed by atoms with E-state index in [0.717, 1.165) is 38.4 Å². The van der Waals surface area contributed by atoms with Crippen molar-refractivity contribution in [1.29, 1.82) is 0 Å². The largest absolute Gasteiger partial charge is 0.354 e. The second-order valence-electron chi connectivity index (χ2n) is 6.77. The number of pyridine rings is 1. The van der Waals surface area contributed by atoms with Crippen LogP contribution in [0.1, 0.15) is 24.8 Å². The zero-order valence-corrected chi connectivity index (χ0v) is 15.5. The Morgan fingerprint density at radius 3 is 2.46 bits per heavy atom. The Balaban J connectivity index is 1.41. The van der Waals surface area contributed by atoms with Crippen LogP contribution in [-0.4, -0.2) is 55.1 Å². The van der Waals surface area contributed by atoms with Crippen LogP contribution < -0.4 is 10.2 Å². The van der Waals surface area contributed by atoms with E-state index in [1.54, 1.807) is 0 Å². The third kappa shape index (κ3) is 5.05. The zero-order valence-electron chi connectivity index (χ0n) is 15.5. The van der Waals surface area contributed by atoms with Crippen LogP contribution in [0, 0.1) is 0 Å². The minimum atomic E-state index is 0.116. The summed E-state index contributed by atoms with van der Waals surface area (Å²) in [6, 6.07) is 16.4. The smallest absolute Gasteiger partial charge is 0.234 e. The highest BCUT2D eigenvalue weighted by Crippen LogP contribution is 2.18. The minimum absolute atomic E-state index is 0.116. The van der Waals surface area contributed by atoms with E-state index in [4.69, 9.17) is 0 Å². The number of piperazine rings is 1. The first kappa shape index (κ1) is 18.4. The van der Waals surface area contributed by atoms with E-state index in [1.807, 2.05) is 30.5 Å². The Bertz CT molecular complexity index is 669. The van der Waals surface area contributed by atoms with Crippen LogP contribution in [0.2, 0.25) is 0 Å². The molecule has 1 aromatic heterocycles. The molecule has 0 bridgehead atoms. The lowest BCUT2D eigenvalue weighted by molar-refractivity contribution is -0.122. The molecule has 26 heavy (non-hydrogen) atoms. The number of carbonyl (C=O) groups is 1. The Labute approximate surface area is 156 Å². The monoisotopic (exact) mass is 352 g/mol. The summed E-state index contributed by atoms with van der Waals surface area (Å²) in [6.45, 7) is 6.94. The van der Waals surface area contributed by atoms with Crippen molar-refractivity contribution < 1.29 is 4.79 Å². The fraction of sp³-hybridized carbons (Fsp3) is 0.429. The van der Waals surface area contributed by atoms with Gasteiger partial charge in [0.1, 0.15) is 5.82 Å². The average molecular weight is 352 g/mol. The lowest BCUT2D eigenvalue weighted by Crippen LogP contribution is -2.50. The van der Waals surface area contributed by atoms with Crippen LogP contribution in [0.4, 0.5) is 5.82 Å². The van der Waals surface area contributed by atoms with Crippen molar-refractivity contribution in [3.63, 3.8) is 0 Å². The van der Waals surface area contributed by atoms with Crippen LogP contribution in [-0.2, 0) is 4.79 Å². The van der Waals surface area contributed by atoms with Crippen molar-refractivity contribution in [2.45, 2.75) is 19.3 Å². The van der Waals surface area contributed by atoms with Gasteiger partial charge in [-0.2, -0.15) is 0 Å². The molecule has 5 nitrogen and oxygen atoms in total. The van der Waals surface area contributed by atoms with Gasteiger partial charge in [-0.15, -0.1) is 0 Å². The van der Waals surface area contributed by atoms with Crippen molar-refractivity contribution >= 4 is 11.7 Å². The molecule has 1 aliphatic heterocycles. The van der Waals surface area contributed by atoms with E-state index in [1.165, 1.54) is 5.56 Å². The number of aromatic nitrogens is 1. The first-order valence-corrected chi connectivity index (χ1v) is 9.46. The highest BCUT2D eigenvalue weighted by molar-refractivity contribution is 5.78. The molecule has 3 rings (SSSR count). The average Bonchev–Trinajstić information content (AvgIpc) is 2.70. The maximum atomic E-state index is 12.3. The zero-order chi connectivity index (χ0) is 18.2. The number of benzene rings is 1. The number of rotatable bonds is 7. The molecule has 0 radical (unpaired) electrons. The molecular formula is C21H28N4O. The van der Waals surface area contributed by atoms with Crippen LogP contribution >= 0.6 is 0 Å². The Morgan fingerprint density at radius 1 is 1.08 bits per heavy atom. The van der Waals surface area contributed by atoms with Crippen LogP contribution in [0.25, 0.3) is 0 Å². The number of nitrogens with zero attached hydrogens (tertiary/aromatic N) is 3. The molecule has 1 atom stereocenters. The molecule has 5 heteroatoms. The van der Waals surface area contributed by atoms with Crippen LogP contribution in [0.15, 0.2) is 54.7 Å². The molecule has 1 fully saturated rings. The summed E-state index contributed by atoms with van der Waals surface area (Å²) >= 11 is 0. The standard InChI is InChI=1S/C21H28N4O/c1-2-18(19-8-4-3-5-9-19)16-23-21(26)17-24-12-14-25(15-13-24)20-10-6-7-11-22-20/h3-11,18H,2,12-17H2,1H3,(H,23,26). The fourth-order valence-electron chi connectivity index (χ4n) is 3.40. The summed E-state index contributed by atoms with van der Waals surface area (Å²) in [5.74, 6) is 1.51. The first-order chi connectivity index (χ1) is 12.8. The number of carbonyl (C=O) groups excluding carboxylic acids is 1. The Kier molecular flexibility index (Phi) is 6.61. The van der Waals surface area contributed by atoms with Gasteiger partial charge < -0.3 is 10.2 Å². The van der Waals surface area contributed by atoms with Crippen molar-refractivity contribution in [3.8, 4) is 0 Å². The summed E-state index contributed by atoms with van der Waals surface area (Å²) in [5, 5.41) is 3.12. The van der Waals surface area contributed by atoms with Gasteiger partial charge in [-0.1, -0.05) is 43.3 Å². The molecule has 1 N–H and O–H groups in total.